The van der Waals surface area contributed by atoms with Crippen LogP contribution < -0.4 is 11.1 Å². The van der Waals surface area contributed by atoms with Gasteiger partial charge >= 0.3 is 0 Å². The van der Waals surface area contributed by atoms with Crippen molar-refractivity contribution >= 4 is 11.6 Å². The maximum Gasteiger partial charge on any atom is 0.251 e. The van der Waals surface area contributed by atoms with Gasteiger partial charge in [0.1, 0.15) is 5.82 Å². The second kappa shape index (κ2) is 5.44. The summed E-state index contributed by atoms with van der Waals surface area (Å²) in [5, 5.41) is 2.97. The van der Waals surface area contributed by atoms with Gasteiger partial charge in [-0.15, -0.1) is 0 Å². The minimum atomic E-state index is -0.234. The van der Waals surface area contributed by atoms with Gasteiger partial charge in [0.25, 0.3) is 5.91 Å². The van der Waals surface area contributed by atoms with Gasteiger partial charge in [0, 0.05) is 23.2 Å². The normalized spacial score (nSPS) is 15.4. The van der Waals surface area contributed by atoms with E-state index in [-0.39, 0.29) is 17.1 Å². The maximum absolute atomic E-state index is 13.4. The van der Waals surface area contributed by atoms with Crippen LogP contribution in [0.15, 0.2) is 42.5 Å². The van der Waals surface area contributed by atoms with Gasteiger partial charge in [0.05, 0.1) is 0 Å². The average molecular weight is 298 g/mol. The number of carbonyl (C=O) groups excluding carboxylic acids is 1. The molecule has 114 valence electrons. The Balaban J connectivity index is 1.72. The van der Waals surface area contributed by atoms with Crippen molar-refractivity contribution in [2.75, 3.05) is 12.3 Å². The third-order valence-electron chi connectivity index (χ3n) is 4.38. The van der Waals surface area contributed by atoms with E-state index in [1.54, 1.807) is 24.3 Å². The Kier molecular flexibility index (Phi) is 3.61. The molecule has 0 unspecified atom stereocenters. The van der Waals surface area contributed by atoms with Crippen LogP contribution in [-0.2, 0) is 5.41 Å². The Morgan fingerprint density at radius 1 is 1.27 bits per heavy atom. The topological polar surface area (TPSA) is 55.1 Å². The molecule has 1 aliphatic rings. The summed E-state index contributed by atoms with van der Waals surface area (Å²) in [5.74, 6) is -0.366. The van der Waals surface area contributed by atoms with Crippen LogP contribution >= 0.6 is 0 Å². The van der Waals surface area contributed by atoms with Crippen LogP contribution in [-0.4, -0.2) is 12.5 Å². The fourth-order valence-electron chi connectivity index (χ4n) is 2.77. The zero-order chi connectivity index (χ0) is 15.7. The number of aryl methyl sites for hydroxylation is 1. The summed E-state index contributed by atoms with van der Waals surface area (Å²) in [7, 11) is 0. The molecule has 0 spiro atoms. The summed E-state index contributed by atoms with van der Waals surface area (Å²) in [6.07, 6.45) is 1.93. The van der Waals surface area contributed by atoms with Crippen LogP contribution in [0.5, 0.6) is 0 Å². The molecule has 22 heavy (non-hydrogen) atoms. The Hall–Kier alpha value is -2.36. The molecule has 1 aliphatic carbocycles. The Morgan fingerprint density at radius 3 is 2.73 bits per heavy atom. The summed E-state index contributed by atoms with van der Waals surface area (Å²) in [4.78, 5) is 12.3. The number of halogens is 1. The largest absolute Gasteiger partial charge is 0.399 e. The Bertz CT molecular complexity index is 723. The highest BCUT2D eigenvalue weighted by atomic mass is 19.1. The van der Waals surface area contributed by atoms with E-state index < -0.39 is 0 Å². The molecule has 4 heteroatoms. The number of nitrogens with one attached hydrogen (secondary N) is 1. The fraction of sp³-hybridized carbons (Fsp3) is 0.278. The van der Waals surface area contributed by atoms with Crippen molar-refractivity contribution in [2.45, 2.75) is 25.2 Å². The first kappa shape index (κ1) is 14.6. The van der Waals surface area contributed by atoms with E-state index in [0.29, 0.717) is 17.8 Å². The summed E-state index contributed by atoms with van der Waals surface area (Å²) >= 11 is 0. The minimum absolute atomic E-state index is 0.119. The lowest BCUT2D eigenvalue weighted by atomic mass is 9.95. The van der Waals surface area contributed by atoms with Gasteiger partial charge in [-0.3, -0.25) is 4.79 Å². The Morgan fingerprint density at radius 2 is 2.05 bits per heavy atom. The minimum Gasteiger partial charge on any atom is -0.399 e. The first-order chi connectivity index (χ1) is 10.5. The number of hydrogen-bond donors (Lipinski definition) is 2. The summed E-state index contributed by atoms with van der Waals surface area (Å²) in [5.41, 5.74) is 8.64. The van der Waals surface area contributed by atoms with Gasteiger partial charge in [0.15, 0.2) is 0 Å². The SMILES string of the molecule is Cc1ccc(N)cc1C(=O)NCC1(c2cccc(F)c2)CC1. The predicted octanol–water partition coefficient (Wildman–Crippen LogP) is 3.18. The third kappa shape index (κ3) is 2.82. The van der Waals surface area contributed by atoms with E-state index >= 15 is 0 Å². The molecule has 1 fully saturated rings. The molecule has 0 radical (unpaired) electrons. The average Bonchev–Trinajstić information content (AvgIpc) is 3.28. The standard InChI is InChI=1S/C18H19FN2O/c1-12-5-6-15(20)10-16(12)17(22)21-11-18(7-8-18)13-3-2-4-14(19)9-13/h2-6,9-10H,7-8,11,20H2,1H3,(H,21,22). The van der Waals surface area contributed by atoms with Gasteiger partial charge in [-0.2, -0.15) is 0 Å². The zero-order valence-corrected chi connectivity index (χ0v) is 12.5. The number of carbonyl (C=O) groups is 1. The molecular weight excluding hydrogens is 279 g/mol. The van der Waals surface area contributed by atoms with Crippen LogP contribution in [0.25, 0.3) is 0 Å². The maximum atomic E-state index is 13.4. The van der Waals surface area contributed by atoms with E-state index in [0.717, 1.165) is 24.0 Å². The van der Waals surface area contributed by atoms with Crippen LogP contribution in [0, 0.1) is 12.7 Å². The molecule has 1 saturated carbocycles. The second-order valence-electron chi connectivity index (χ2n) is 6.05. The van der Waals surface area contributed by atoms with E-state index in [4.69, 9.17) is 5.73 Å². The van der Waals surface area contributed by atoms with E-state index in [1.807, 2.05) is 19.1 Å². The van der Waals surface area contributed by atoms with Crippen molar-refractivity contribution in [3.05, 3.63) is 65.0 Å². The Labute approximate surface area is 129 Å². The van der Waals surface area contributed by atoms with Gasteiger partial charge in [-0.1, -0.05) is 18.2 Å². The van der Waals surface area contributed by atoms with E-state index in [1.165, 1.54) is 6.07 Å². The first-order valence-corrected chi connectivity index (χ1v) is 7.41. The molecule has 0 atom stereocenters. The number of hydrogen-bond acceptors (Lipinski definition) is 2. The predicted molar refractivity (Wildman–Crippen MR) is 85.2 cm³/mol. The highest BCUT2D eigenvalue weighted by Crippen LogP contribution is 2.47. The molecule has 3 N–H and O–H groups in total. The second-order valence-corrected chi connectivity index (χ2v) is 6.05. The molecule has 0 aliphatic heterocycles. The highest BCUT2D eigenvalue weighted by Gasteiger charge is 2.44. The summed E-state index contributed by atoms with van der Waals surface area (Å²) < 4.78 is 13.4. The van der Waals surface area contributed by atoms with Crippen LogP contribution in [0.4, 0.5) is 10.1 Å². The number of benzene rings is 2. The van der Waals surface area contributed by atoms with Crippen molar-refractivity contribution in [2.24, 2.45) is 0 Å². The van der Waals surface area contributed by atoms with Gasteiger partial charge in [-0.05, 0) is 55.2 Å². The van der Waals surface area contributed by atoms with Crippen molar-refractivity contribution in [1.82, 2.24) is 5.32 Å². The number of nitrogens with two attached hydrogens (primary N) is 1. The molecule has 3 rings (SSSR count). The lowest BCUT2D eigenvalue weighted by Gasteiger charge is -2.17. The van der Waals surface area contributed by atoms with Crippen LogP contribution in [0.2, 0.25) is 0 Å². The highest BCUT2D eigenvalue weighted by molar-refractivity contribution is 5.96. The van der Waals surface area contributed by atoms with Crippen molar-refractivity contribution < 1.29 is 9.18 Å². The molecule has 0 heterocycles. The molecular formula is C18H19FN2O. The summed E-state index contributed by atoms with van der Waals surface area (Å²) in [6, 6.07) is 11.9. The molecule has 3 nitrogen and oxygen atoms in total. The van der Waals surface area contributed by atoms with Crippen molar-refractivity contribution in [3.63, 3.8) is 0 Å². The van der Waals surface area contributed by atoms with Gasteiger partial charge < -0.3 is 11.1 Å². The van der Waals surface area contributed by atoms with Crippen LogP contribution in [0.1, 0.15) is 34.3 Å². The number of rotatable bonds is 4. The van der Waals surface area contributed by atoms with Crippen molar-refractivity contribution in [3.8, 4) is 0 Å². The van der Waals surface area contributed by atoms with E-state index in [9.17, 15) is 9.18 Å². The first-order valence-electron chi connectivity index (χ1n) is 7.41. The van der Waals surface area contributed by atoms with Crippen LogP contribution in [0.3, 0.4) is 0 Å². The number of nitrogen functional groups attached to an aromatic ring is 1. The molecule has 0 saturated heterocycles. The number of anilines is 1. The number of amides is 1. The lowest BCUT2D eigenvalue weighted by Crippen LogP contribution is -2.32. The third-order valence-corrected chi connectivity index (χ3v) is 4.38. The molecule has 2 aromatic carbocycles. The monoisotopic (exact) mass is 298 g/mol. The zero-order valence-electron chi connectivity index (χ0n) is 12.5. The smallest absolute Gasteiger partial charge is 0.251 e. The van der Waals surface area contributed by atoms with Gasteiger partial charge in [0.2, 0.25) is 0 Å². The molecule has 0 bridgehead atoms. The quantitative estimate of drug-likeness (QED) is 0.852. The lowest BCUT2D eigenvalue weighted by molar-refractivity contribution is 0.0949. The molecule has 1 amide bonds. The molecule has 0 aromatic heterocycles. The van der Waals surface area contributed by atoms with Crippen molar-refractivity contribution in [1.29, 1.82) is 0 Å². The fourth-order valence-corrected chi connectivity index (χ4v) is 2.77. The van der Waals surface area contributed by atoms with Gasteiger partial charge in [-0.25, -0.2) is 4.39 Å². The molecule has 2 aromatic rings. The van der Waals surface area contributed by atoms with E-state index in [2.05, 4.69) is 5.32 Å². The summed E-state index contributed by atoms with van der Waals surface area (Å²) in [6.45, 7) is 2.40.